The minimum Gasteiger partial charge on any atom is -0.330 e. The van der Waals surface area contributed by atoms with E-state index in [0.29, 0.717) is 6.54 Å². The molecule has 0 atom stereocenters. The highest BCUT2D eigenvalue weighted by Crippen LogP contribution is 2.32. The number of rotatable bonds is 3. The van der Waals surface area contributed by atoms with Crippen LogP contribution in [0.1, 0.15) is 31.9 Å². The first kappa shape index (κ1) is 12.5. The lowest BCUT2D eigenvalue weighted by Gasteiger charge is -2.18. The fourth-order valence-corrected chi connectivity index (χ4v) is 2.23. The maximum Gasteiger partial charge on any atom is 0.0994 e. The highest BCUT2D eigenvalue weighted by molar-refractivity contribution is 8.00. The zero-order valence-corrected chi connectivity index (χ0v) is 10.8. The first-order valence-electron chi connectivity index (χ1n) is 5.27. The zero-order valence-electron chi connectivity index (χ0n) is 10.0. The minimum absolute atomic E-state index is 0.215. The number of nitrogens with two attached hydrogens (primary N) is 1. The highest BCUT2D eigenvalue weighted by atomic mass is 32.2. The Labute approximate surface area is 96.7 Å². The zero-order chi connectivity index (χ0) is 11.5. The van der Waals surface area contributed by atoms with Gasteiger partial charge in [0.05, 0.1) is 5.03 Å². The van der Waals surface area contributed by atoms with E-state index in [1.165, 1.54) is 11.1 Å². The Morgan fingerprint density at radius 3 is 2.53 bits per heavy atom. The van der Waals surface area contributed by atoms with Gasteiger partial charge in [-0.3, -0.25) is 0 Å². The summed E-state index contributed by atoms with van der Waals surface area (Å²) < 4.78 is 0.215. The molecule has 1 aromatic rings. The monoisotopic (exact) mass is 224 g/mol. The smallest absolute Gasteiger partial charge is 0.0994 e. The van der Waals surface area contributed by atoms with E-state index in [1.54, 1.807) is 0 Å². The van der Waals surface area contributed by atoms with E-state index in [-0.39, 0.29) is 4.75 Å². The fourth-order valence-electron chi connectivity index (χ4n) is 1.32. The number of aromatic nitrogens is 1. The molecule has 0 radical (unpaired) electrons. The largest absolute Gasteiger partial charge is 0.330 e. The maximum atomic E-state index is 5.52. The normalized spacial score (nSPS) is 11.8. The van der Waals surface area contributed by atoms with Gasteiger partial charge in [-0.05, 0) is 31.0 Å². The molecule has 0 aliphatic heterocycles. The van der Waals surface area contributed by atoms with E-state index in [0.717, 1.165) is 11.4 Å². The number of nitrogens with zero attached hydrogens (tertiary/aromatic N) is 1. The Hall–Kier alpha value is -0.540. The lowest BCUT2D eigenvalue weighted by Crippen LogP contribution is -2.09. The van der Waals surface area contributed by atoms with E-state index in [2.05, 4.69) is 38.7 Å². The lowest BCUT2D eigenvalue weighted by atomic mass is 10.2. The van der Waals surface area contributed by atoms with Gasteiger partial charge in [0, 0.05) is 10.9 Å². The van der Waals surface area contributed by atoms with Gasteiger partial charge in [-0.25, -0.2) is 4.98 Å². The number of aryl methyl sites for hydroxylation is 1. The van der Waals surface area contributed by atoms with Crippen LogP contribution >= 0.6 is 11.8 Å². The summed E-state index contributed by atoms with van der Waals surface area (Å²) in [6.45, 7) is 9.40. The van der Waals surface area contributed by atoms with Crippen molar-refractivity contribution in [3.8, 4) is 0 Å². The third-order valence-corrected chi connectivity index (χ3v) is 3.16. The van der Waals surface area contributed by atoms with Gasteiger partial charge in [-0.1, -0.05) is 26.8 Å². The van der Waals surface area contributed by atoms with Crippen molar-refractivity contribution >= 4 is 11.8 Å². The molecule has 1 heterocycles. The van der Waals surface area contributed by atoms with Gasteiger partial charge in [0.1, 0.15) is 0 Å². The maximum absolute atomic E-state index is 5.52. The van der Waals surface area contributed by atoms with Crippen LogP contribution in [-0.2, 0) is 6.42 Å². The van der Waals surface area contributed by atoms with E-state index in [4.69, 9.17) is 5.73 Å². The van der Waals surface area contributed by atoms with E-state index in [9.17, 15) is 0 Å². The average molecular weight is 224 g/mol. The van der Waals surface area contributed by atoms with Crippen LogP contribution < -0.4 is 5.73 Å². The van der Waals surface area contributed by atoms with Crippen molar-refractivity contribution < 1.29 is 0 Å². The summed E-state index contributed by atoms with van der Waals surface area (Å²) >= 11 is 1.81. The summed E-state index contributed by atoms with van der Waals surface area (Å²) in [5, 5.41) is 1.13. The first-order valence-corrected chi connectivity index (χ1v) is 6.08. The molecule has 84 valence electrons. The van der Waals surface area contributed by atoms with Gasteiger partial charge >= 0.3 is 0 Å². The van der Waals surface area contributed by atoms with Gasteiger partial charge in [0.2, 0.25) is 0 Å². The van der Waals surface area contributed by atoms with Crippen LogP contribution in [0.3, 0.4) is 0 Å². The van der Waals surface area contributed by atoms with Gasteiger partial charge < -0.3 is 5.73 Å². The minimum atomic E-state index is 0.215. The Kier molecular flexibility index (Phi) is 4.17. The standard InChI is InChI=1S/C12H20N2S/c1-9-7-10(5-6-13)8-14-11(9)15-12(2,3)4/h7-8H,5-6,13H2,1-4H3. The highest BCUT2D eigenvalue weighted by Gasteiger charge is 2.14. The van der Waals surface area contributed by atoms with E-state index >= 15 is 0 Å². The number of pyridine rings is 1. The predicted molar refractivity (Wildman–Crippen MR) is 67.3 cm³/mol. The van der Waals surface area contributed by atoms with Crippen LogP contribution in [0, 0.1) is 6.92 Å². The summed E-state index contributed by atoms with van der Waals surface area (Å²) in [6.07, 6.45) is 2.85. The molecule has 0 saturated heterocycles. The van der Waals surface area contributed by atoms with E-state index < -0.39 is 0 Å². The molecule has 0 saturated carbocycles. The first-order chi connectivity index (χ1) is 6.92. The Balaban J connectivity index is 2.84. The molecule has 0 aliphatic carbocycles. The van der Waals surface area contributed by atoms with Gasteiger partial charge in [-0.2, -0.15) is 0 Å². The molecule has 0 unspecified atom stereocenters. The molecule has 0 amide bonds. The molecule has 1 aromatic heterocycles. The quantitative estimate of drug-likeness (QED) is 0.802. The fraction of sp³-hybridized carbons (Fsp3) is 0.583. The summed E-state index contributed by atoms with van der Waals surface area (Å²) in [4.78, 5) is 4.49. The van der Waals surface area contributed by atoms with Crippen LogP contribution in [0.25, 0.3) is 0 Å². The second kappa shape index (κ2) is 4.99. The van der Waals surface area contributed by atoms with Crippen LogP contribution in [0.2, 0.25) is 0 Å². The number of thioether (sulfide) groups is 1. The Morgan fingerprint density at radius 2 is 2.07 bits per heavy atom. The second-order valence-electron chi connectivity index (χ2n) is 4.72. The summed E-state index contributed by atoms with van der Waals surface area (Å²) in [5.74, 6) is 0. The van der Waals surface area contributed by atoms with Crippen molar-refractivity contribution in [1.82, 2.24) is 4.98 Å². The third kappa shape index (κ3) is 4.22. The molecule has 1 rings (SSSR count). The third-order valence-electron chi connectivity index (χ3n) is 1.92. The molecule has 15 heavy (non-hydrogen) atoms. The van der Waals surface area contributed by atoms with Gasteiger partial charge in [0.15, 0.2) is 0 Å². The molecule has 3 heteroatoms. The summed E-state index contributed by atoms with van der Waals surface area (Å²) in [5.41, 5.74) is 8.00. The van der Waals surface area contributed by atoms with Crippen LogP contribution in [0.5, 0.6) is 0 Å². The molecule has 0 fully saturated rings. The predicted octanol–water partition coefficient (Wildman–Crippen LogP) is 2.78. The molecular formula is C12H20N2S. The molecular weight excluding hydrogens is 204 g/mol. The van der Waals surface area contributed by atoms with Crippen LogP contribution in [0.15, 0.2) is 17.3 Å². The summed E-state index contributed by atoms with van der Waals surface area (Å²) in [7, 11) is 0. The number of hydrogen-bond donors (Lipinski definition) is 1. The van der Waals surface area contributed by atoms with Crippen molar-refractivity contribution in [3.05, 3.63) is 23.4 Å². The molecule has 2 N–H and O–H groups in total. The van der Waals surface area contributed by atoms with Crippen molar-refractivity contribution in [3.63, 3.8) is 0 Å². The lowest BCUT2D eigenvalue weighted by molar-refractivity contribution is 0.797. The van der Waals surface area contributed by atoms with Crippen molar-refractivity contribution in [1.29, 1.82) is 0 Å². The Bertz CT molecular complexity index is 329. The molecule has 2 nitrogen and oxygen atoms in total. The van der Waals surface area contributed by atoms with Crippen molar-refractivity contribution in [2.24, 2.45) is 5.73 Å². The summed E-state index contributed by atoms with van der Waals surface area (Å²) in [6, 6.07) is 2.19. The molecule has 0 spiro atoms. The number of hydrogen-bond acceptors (Lipinski definition) is 3. The van der Waals surface area contributed by atoms with Gasteiger partial charge in [-0.15, -0.1) is 11.8 Å². The Morgan fingerprint density at radius 1 is 1.40 bits per heavy atom. The molecule has 0 bridgehead atoms. The second-order valence-corrected chi connectivity index (χ2v) is 6.53. The molecule has 0 aliphatic rings. The van der Waals surface area contributed by atoms with Crippen LogP contribution in [-0.4, -0.2) is 16.3 Å². The van der Waals surface area contributed by atoms with Crippen molar-refractivity contribution in [2.45, 2.75) is 43.9 Å². The van der Waals surface area contributed by atoms with Crippen LogP contribution in [0.4, 0.5) is 0 Å². The van der Waals surface area contributed by atoms with Gasteiger partial charge in [0.25, 0.3) is 0 Å². The molecule has 0 aromatic carbocycles. The topological polar surface area (TPSA) is 38.9 Å². The SMILES string of the molecule is Cc1cc(CCN)cnc1SC(C)(C)C. The average Bonchev–Trinajstić information content (AvgIpc) is 2.08. The van der Waals surface area contributed by atoms with Crippen molar-refractivity contribution in [2.75, 3.05) is 6.54 Å². The van der Waals surface area contributed by atoms with E-state index in [1.807, 2.05) is 18.0 Å².